The molecule has 5 rings (SSSR count). The van der Waals surface area contributed by atoms with E-state index in [-0.39, 0.29) is 15.6 Å². The second-order valence-corrected chi connectivity index (χ2v) is 11.3. The van der Waals surface area contributed by atoms with Gasteiger partial charge in [-0.25, -0.2) is 13.4 Å². The number of fused-ring (bicyclic) bond motifs is 1. The number of nitriles is 1. The summed E-state index contributed by atoms with van der Waals surface area (Å²) in [4.78, 5) is 15.2. The summed E-state index contributed by atoms with van der Waals surface area (Å²) >= 11 is 6.53. The van der Waals surface area contributed by atoms with Crippen LogP contribution in [0.15, 0.2) is 35.5 Å². The van der Waals surface area contributed by atoms with Crippen molar-refractivity contribution in [2.75, 3.05) is 49.1 Å². The molecular formula is C22H25ClN6O2S. The number of benzene rings is 1. The van der Waals surface area contributed by atoms with Crippen LogP contribution >= 0.6 is 11.6 Å². The van der Waals surface area contributed by atoms with Crippen LogP contribution < -0.4 is 9.80 Å². The third-order valence-electron chi connectivity index (χ3n) is 6.82. The maximum Gasteiger partial charge on any atom is 0.184 e. The third kappa shape index (κ3) is 3.91. The minimum atomic E-state index is -3.60. The average Bonchev–Trinajstić information content (AvgIpc) is 3.48. The van der Waals surface area contributed by atoms with Crippen molar-refractivity contribution in [1.82, 2.24) is 14.9 Å². The van der Waals surface area contributed by atoms with E-state index in [9.17, 15) is 8.42 Å². The first-order chi connectivity index (χ1) is 15.5. The Morgan fingerprint density at radius 2 is 1.94 bits per heavy atom. The van der Waals surface area contributed by atoms with Gasteiger partial charge in [0.15, 0.2) is 15.5 Å². The Labute approximate surface area is 193 Å². The molecule has 0 radical (unpaired) electrons. The van der Waals surface area contributed by atoms with Gasteiger partial charge in [0, 0.05) is 44.5 Å². The summed E-state index contributed by atoms with van der Waals surface area (Å²) < 4.78 is 26.7. The molecule has 3 aliphatic rings. The van der Waals surface area contributed by atoms with E-state index in [0.29, 0.717) is 31.4 Å². The van der Waals surface area contributed by atoms with Gasteiger partial charge in [0.05, 0.1) is 27.6 Å². The quantitative estimate of drug-likeness (QED) is 0.669. The van der Waals surface area contributed by atoms with Gasteiger partial charge in [-0.1, -0.05) is 11.6 Å². The van der Waals surface area contributed by atoms with Crippen LogP contribution in [0.2, 0.25) is 5.02 Å². The number of hydrogen-bond donors (Lipinski definition) is 0. The van der Waals surface area contributed by atoms with Crippen molar-refractivity contribution < 1.29 is 8.42 Å². The fraction of sp³-hybridized carbons (Fsp3) is 0.500. The van der Waals surface area contributed by atoms with Gasteiger partial charge in [0.2, 0.25) is 0 Å². The lowest BCUT2D eigenvalue weighted by Crippen LogP contribution is -2.50. The molecule has 8 nitrogen and oxygen atoms in total. The molecule has 168 valence electrons. The molecule has 0 saturated carbocycles. The molecule has 3 fully saturated rings. The largest absolute Gasteiger partial charge is 0.369 e. The number of halogens is 1. The highest BCUT2D eigenvalue weighted by Crippen LogP contribution is 2.34. The van der Waals surface area contributed by atoms with Crippen LogP contribution in [0, 0.1) is 11.3 Å². The van der Waals surface area contributed by atoms with E-state index in [0.717, 1.165) is 25.3 Å². The maximum absolute atomic E-state index is 13.4. The van der Waals surface area contributed by atoms with Gasteiger partial charge in [0.25, 0.3) is 0 Å². The van der Waals surface area contributed by atoms with Gasteiger partial charge in [0.1, 0.15) is 11.9 Å². The van der Waals surface area contributed by atoms with E-state index in [2.05, 4.69) is 19.8 Å². The highest BCUT2D eigenvalue weighted by Gasteiger charge is 2.37. The van der Waals surface area contributed by atoms with E-state index in [1.165, 1.54) is 25.6 Å². The second-order valence-electron chi connectivity index (χ2n) is 8.67. The van der Waals surface area contributed by atoms with E-state index in [4.69, 9.17) is 16.9 Å². The van der Waals surface area contributed by atoms with E-state index in [1.807, 2.05) is 17.0 Å². The molecule has 0 bridgehead atoms. The maximum atomic E-state index is 13.4. The van der Waals surface area contributed by atoms with Crippen LogP contribution in [0.1, 0.15) is 25.0 Å². The van der Waals surface area contributed by atoms with Crippen molar-refractivity contribution in [2.45, 2.75) is 35.4 Å². The Kier molecular flexibility index (Phi) is 5.70. The van der Waals surface area contributed by atoms with Crippen molar-refractivity contribution in [1.29, 1.82) is 5.26 Å². The Morgan fingerprint density at radius 3 is 2.75 bits per heavy atom. The first-order valence-electron chi connectivity index (χ1n) is 11.0. The van der Waals surface area contributed by atoms with Crippen LogP contribution in [0.3, 0.4) is 0 Å². The lowest BCUT2D eigenvalue weighted by atomic mass is 10.1. The molecule has 3 saturated heterocycles. The number of nitrogens with zero attached hydrogens (tertiary/aromatic N) is 6. The minimum Gasteiger partial charge on any atom is -0.369 e. The van der Waals surface area contributed by atoms with Crippen molar-refractivity contribution in [2.24, 2.45) is 0 Å². The Morgan fingerprint density at radius 1 is 1.06 bits per heavy atom. The normalized spacial score (nSPS) is 23.9. The fourth-order valence-corrected chi connectivity index (χ4v) is 7.31. The second kappa shape index (κ2) is 8.50. The smallest absolute Gasteiger partial charge is 0.184 e. The van der Waals surface area contributed by atoms with Gasteiger partial charge < -0.3 is 9.80 Å². The van der Waals surface area contributed by atoms with Gasteiger partial charge in [-0.05, 0) is 44.0 Å². The third-order valence-corrected chi connectivity index (χ3v) is 9.47. The zero-order valence-corrected chi connectivity index (χ0v) is 19.3. The number of aromatic nitrogens is 2. The van der Waals surface area contributed by atoms with Gasteiger partial charge in [-0.15, -0.1) is 0 Å². The molecule has 2 atom stereocenters. The standard InChI is InChI=1S/C22H25ClN6O2S/c23-20-10-17(28-9-8-27-6-1-2-18(27)14-28)3-4-21(20)32(30,31)19-5-7-29(15-19)22-13-25-12-16(11-24)26-22/h3-4,10,12-13,18-19H,1-2,5-9,14-15H2/t18?,19-/m0/s1. The molecule has 0 N–H and O–H groups in total. The van der Waals surface area contributed by atoms with Gasteiger partial charge in [-0.3, -0.25) is 9.88 Å². The summed E-state index contributed by atoms with van der Waals surface area (Å²) in [6.45, 7) is 4.95. The molecule has 1 unspecified atom stereocenters. The summed E-state index contributed by atoms with van der Waals surface area (Å²) in [5.41, 5.74) is 1.20. The fourth-order valence-electron chi connectivity index (χ4n) is 5.07. The van der Waals surface area contributed by atoms with E-state index in [1.54, 1.807) is 18.3 Å². The molecule has 0 spiro atoms. The topological polar surface area (TPSA) is 93.4 Å². The van der Waals surface area contributed by atoms with Crippen molar-refractivity contribution in [3.63, 3.8) is 0 Å². The van der Waals surface area contributed by atoms with Crippen LogP contribution in [0.4, 0.5) is 11.5 Å². The van der Waals surface area contributed by atoms with Crippen molar-refractivity contribution in [3.05, 3.63) is 41.3 Å². The summed E-state index contributed by atoms with van der Waals surface area (Å²) in [6, 6.07) is 7.89. The van der Waals surface area contributed by atoms with Crippen molar-refractivity contribution >= 4 is 32.9 Å². The Balaban J connectivity index is 1.32. The SMILES string of the molecule is N#Cc1cncc(N2CC[C@H](S(=O)(=O)c3ccc(N4CCN5CCCC5C4)cc3Cl)C2)n1. The lowest BCUT2D eigenvalue weighted by molar-refractivity contribution is 0.231. The Bertz CT molecular complexity index is 1170. The van der Waals surface area contributed by atoms with Crippen LogP contribution in [-0.2, 0) is 9.84 Å². The van der Waals surface area contributed by atoms with Gasteiger partial charge >= 0.3 is 0 Å². The highest BCUT2D eigenvalue weighted by molar-refractivity contribution is 7.92. The highest BCUT2D eigenvalue weighted by atomic mass is 35.5. The number of hydrogen-bond acceptors (Lipinski definition) is 8. The summed E-state index contributed by atoms with van der Waals surface area (Å²) in [7, 11) is -3.60. The summed E-state index contributed by atoms with van der Waals surface area (Å²) in [5.74, 6) is 0.522. The molecule has 4 heterocycles. The number of piperazine rings is 1. The molecule has 0 amide bonds. The lowest BCUT2D eigenvalue weighted by Gasteiger charge is -2.39. The van der Waals surface area contributed by atoms with Crippen molar-refractivity contribution in [3.8, 4) is 6.07 Å². The predicted molar refractivity (Wildman–Crippen MR) is 123 cm³/mol. The molecule has 0 aliphatic carbocycles. The predicted octanol–water partition coefficient (Wildman–Crippen LogP) is 2.34. The minimum absolute atomic E-state index is 0.186. The van der Waals surface area contributed by atoms with Crippen LogP contribution in [0.5, 0.6) is 0 Å². The first kappa shape index (κ1) is 21.4. The monoisotopic (exact) mass is 472 g/mol. The molecule has 1 aromatic heterocycles. The molecular weight excluding hydrogens is 448 g/mol. The number of sulfone groups is 1. The van der Waals surface area contributed by atoms with Crippen LogP contribution in [0.25, 0.3) is 0 Å². The summed E-state index contributed by atoms with van der Waals surface area (Å²) in [5, 5.41) is 8.73. The van der Waals surface area contributed by atoms with E-state index < -0.39 is 15.1 Å². The van der Waals surface area contributed by atoms with Gasteiger partial charge in [-0.2, -0.15) is 5.26 Å². The zero-order valence-electron chi connectivity index (χ0n) is 17.7. The Hall–Kier alpha value is -2.41. The number of anilines is 2. The molecule has 32 heavy (non-hydrogen) atoms. The molecule has 2 aromatic rings. The zero-order chi connectivity index (χ0) is 22.3. The molecule has 1 aromatic carbocycles. The molecule has 3 aliphatic heterocycles. The number of rotatable bonds is 4. The summed E-state index contributed by atoms with van der Waals surface area (Å²) in [6.07, 6.45) is 5.89. The first-order valence-corrected chi connectivity index (χ1v) is 12.9. The average molecular weight is 473 g/mol. The van der Waals surface area contributed by atoms with E-state index >= 15 is 0 Å². The van der Waals surface area contributed by atoms with Crippen LogP contribution in [-0.4, -0.2) is 73.8 Å². The molecule has 10 heteroatoms.